The van der Waals surface area contributed by atoms with Crippen LogP contribution in [-0.4, -0.2) is 19.9 Å². The lowest BCUT2D eigenvalue weighted by atomic mass is 10.2. The molecule has 0 radical (unpaired) electrons. The maximum Gasteiger partial charge on any atom is 0.149 e. The maximum absolute atomic E-state index is 5.47. The molecule has 0 saturated heterocycles. The lowest BCUT2D eigenvalue weighted by Crippen LogP contribution is -1.96. The van der Waals surface area contributed by atoms with Crippen LogP contribution in [0, 0.1) is 12.3 Å². The van der Waals surface area contributed by atoms with Gasteiger partial charge >= 0.3 is 0 Å². The molecular formula is C17H13Br2NO2. The first-order chi connectivity index (χ1) is 10.6. The van der Waals surface area contributed by atoms with Gasteiger partial charge in [-0.3, -0.25) is 4.99 Å². The van der Waals surface area contributed by atoms with E-state index in [2.05, 4.69) is 42.8 Å². The van der Waals surface area contributed by atoms with E-state index in [0.717, 1.165) is 25.9 Å². The lowest BCUT2D eigenvalue weighted by molar-refractivity contribution is 0.365. The van der Waals surface area contributed by atoms with Crippen molar-refractivity contribution in [2.45, 2.75) is 0 Å². The molecule has 0 heterocycles. The van der Waals surface area contributed by atoms with E-state index in [1.54, 1.807) is 13.3 Å². The lowest BCUT2D eigenvalue weighted by Gasteiger charge is -2.08. The molecule has 0 aliphatic rings. The summed E-state index contributed by atoms with van der Waals surface area (Å²) in [5.41, 5.74) is 1.78. The first-order valence-electron chi connectivity index (χ1n) is 6.37. The van der Waals surface area contributed by atoms with Gasteiger partial charge in [-0.1, -0.05) is 5.92 Å². The summed E-state index contributed by atoms with van der Waals surface area (Å²) in [6.45, 7) is 0.219. The van der Waals surface area contributed by atoms with Gasteiger partial charge in [-0.2, -0.15) is 0 Å². The molecule has 5 heteroatoms. The number of methoxy groups -OCH3 is 1. The van der Waals surface area contributed by atoms with Crippen molar-refractivity contribution in [3.63, 3.8) is 0 Å². The number of ether oxygens (including phenoxy) is 2. The number of rotatable bonds is 5. The third-order valence-electron chi connectivity index (χ3n) is 2.76. The van der Waals surface area contributed by atoms with E-state index in [1.807, 2.05) is 36.4 Å². The summed E-state index contributed by atoms with van der Waals surface area (Å²) >= 11 is 6.94. The average Bonchev–Trinajstić information content (AvgIpc) is 2.52. The molecule has 0 saturated carbocycles. The summed E-state index contributed by atoms with van der Waals surface area (Å²) in [6, 6.07) is 11.4. The van der Waals surface area contributed by atoms with Crippen molar-refractivity contribution in [1.29, 1.82) is 0 Å². The summed E-state index contributed by atoms with van der Waals surface area (Å²) in [6.07, 6.45) is 6.98. The highest BCUT2D eigenvalue weighted by Gasteiger charge is 2.07. The van der Waals surface area contributed by atoms with Crippen LogP contribution < -0.4 is 9.47 Å². The Morgan fingerprint density at radius 1 is 1.18 bits per heavy atom. The van der Waals surface area contributed by atoms with Crippen LogP contribution in [0.4, 0.5) is 5.69 Å². The van der Waals surface area contributed by atoms with E-state index >= 15 is 0 Å². The third kappa shape index (κ3) is 4.36. The molecule has 0 aliphatic carbocycles. The van der Waals surface area contributed by atoms with Crippen LogP contribution in [0.5, 0.6) is 11.5 Å². The Kier molecular flexibility index (Phi) is 6.05. The average molecular weight is 423 g/mol. The van der Waals surface area contributed by atoms with Crippen LogP contribution in [0.3, 0.4) is 0 Å². The maximum atomic E-state index is 5.47. The smallest absolute Gasteiger partial charge is 0.149 e. The summed E-state index contributed by atoms with van der Waals surface area (Å²) in [5, 5.41) is 0. The van der Waals surface area contributed by atoms with Crippen molar-refractivity contribution in [3.8, 4) is 23.8 Å². The molecule has 0 bridgehead atoms. The first kappa shape index (κ1) is 16.6. The van der Waals surface area contributed by atoms with Gasteiger partial charge in [0.25, 0.3) is 0 Å². The molecule has 0 fully saturated rings. The molecule has 0 unspecified atom stereocenters. The van der Waals surface area contributed by atoms with E-state index in [9.17, 15) is 0 Å². The highest BCUT2D eigenvalue weighted by Crippen LogP contribution is 2.34. The van der Waals surface area contributed by atoms with Crippen molar-refractivity contribution in [2.75, 3.05) is 13.7 Å². The number of hydrogen-bond donors (Lipinski definition) is 0. The molecule has 0 N–H and O–H groups in total. The van der Waals surface area contributed by atoms with Crippen LogP contribution >= 0.6 is 31.9 Å². The standard InChI is InChI=1S/C17H13Br2NO2/c1-3-8-22-17-15(18)9-12(10-16(17)19)11-20-13-4-6-14(21-2)7-5-13/h1,4-7,9-11H,8H2,2H3. The fourth-order valence-electron chi connectivity index (χ4n) is 1.72. The van der Waals surface area contributed by atoms with Gasteiger partial charge in [0.2, 0.25) is 0 Å². The molecule has 2 aromatic carbocycles. The fraction of sp³-hybridized carbons (Fsp3) is 0.118. The molecule has 22 heavy (non-hydrogen) atoms. The van der Waals surface area contributed by atoms with Crippen molar-refractivity contribution < 1.29 is 9.47 Å². The van der Waals surface area contributed by atoms with Crippen LogP contribution in [0.2, 0.25) is 0 Å². The van der Waals surface area contributed by atoms with Gasteiger partial charge in [0.1, 0.15) is 18.1 Å². The number of halogens is 2. The van der Waals surface area contributed by atoms with Crippen molar-refractivity contribution in [1.82, 2.24) is 0 Å². The van der Waals surface area contributed by atoms with Crippen LogP contribution in [0.25, 0.3) is 0 Å². The molecular weight excluding hydrogens is 410 g/mol. The second-order valence-electron chi connectivity index (χ2n) is 4.26. The van der Waals surface area contributed by atoms with Gasteiger partial charge in [0.15, 0.2) is 0 Å². The van der Waals surface area contributed by atoms with E-state index < -0.39 is 0 Å². The van der Waals surface area contributed by atoms with Gasteiger partial charge in [-0.25, -0.2) is 0 Å². The Bertz CT molecular complexity index is 695. The summed E-state index contributed by atoms with van der Waals surface area (Å²) in [4.78, 5) is 4.43. The van der Waals surface area contributed by atoms with Crippen LogP contribution in [0.15, 0.2) is 50.3 Å². The van der Waals surface area contributed by atoms with E-state index in [1.165, 1.54) is 0 Å². The van der Waals surface area contributed by atoms with Crippen LogP contribution in [-0.2, 0) is 0 Å². The molecule has 0 aliphatic heterocycles. The Morgan fingerprint density at radius 3 is 2.36 bits per heavy atom. The number of aliphatic imine (C=N–C) groups is 1. The number of benzene rings is 2. The van der Waals surface area contributed by atoms with E-state index in [-0.39, 0.29) is 6.61 Å². The second kappa shape index (κ2) is 8.02. The predicted molar refractivity (Wildman–Crippen MR) is 96.4 cm³/mol. The van der Waals surface area contributed by atoms with E-state index in [0.29, 0.717) is 5.75 Å². The Labute approximate surface area is 146 Å². The normalized spacial score (nSPS) is 10.5. The third-order valence-corrected chi connectivity index (χ3v) is 3.93. The molecule has 2 aromatic rings. The Morgan fingerprint density at radius 2 is 1.82 bits per heavy atom. The van der Waals surface area contributed by atoms with Crippen molar-refractivity contribution in [2.24, 2.45) is 4.99 Å². The molecule has 0 amide bonds. The predicted octanol–water partition coefficient (Wildman–Crippen LogP) is 4.98. The van der Waals surface area contributed by atoms with Crippen LogP contribution in [0.1, 0.15) is 5.56 Å². The summed E-state index contributed by atoms with van der Waals surface area (Å²) in [7, 11) is 1.64. The minimum Gasteiger partial charge on any atom is -0.497 e. The quantitative estimate of drug-likeness (QED) is 0.502. The SMILES string of the molecule is C#CCOc1c(Br)cc(C=Nc2ccc(OC)cc2)cc1Br. The largest absolute Gasteiger partial charge is 0.497 e. The zero-order valence-corrected chi connectivity index (χ0v) is 15.0. The summed E-state index contributed by atoms with van der Waals surface area (Å²) in [5.74, 6) is 3.93. The topological polar surface area (TPSA) is 30.8 Å². The van der Waals surface area contributed by atoms with Crippen molar-refractivity contribution >= 4 is 43.8 Å². The molecule has 0 atom stereocenters. The molecule has 0 aromatic heterocycles. The minimum absolute atomic E-state index is 0.219. The number of hydrogen-bond acceptors (Lipinski definition) is 3. The molecule has 3 nitrogen and oxygen atoms in total. The van der Waals surface area contributed by atoms with Gasteiger partial charge in [-0.15, -0.1) is 6.42 Å². The number of nitrogens with zero attached hydrogens (tertiary/aromatic N) is 1. The zero-order chi connectivity index (χ0) is 15.9. The first-order valence-corrected chi connectivity index (χ1v) is 7.96. The second-order valence-corrected chi connectivity index (χ2v) is 5.97. The highest BCUT2D eigenvalue weighted by atomic mass is 79.9. The molecule has 112 valence electrons. The highest BCUT2D eigenvalue weighted by molar-refractivity contribution is 9.11. The van der Waals surface area contributed by atoms with Gasteiger partial charge in [0, 0.05) is 6.21 Å². The molecule has 2 rings (SSSR count). The number of terminal acetylenes is 1. The Balaban J connectivity index is 2.18. The zero-order valence-electron chi connectivity index (χ0n) is 11.8. The van der Waals surface area contributed by atoms with E-state index in [4.69, 9.17) is 15.9 Å². The monoisotopic (exact) mass is 421 g/mol. The Hall–Kier alpha value is -1.77. The van der Waals surface area contributed by atoms with Gasteiger partial charge < -0.3 is 9.47 Å². The van der Waals surface area contributed by atoms with Gasteiger partial charge in [0.05, 0.1) is 21.7 Å². The van der Waals surface area contributed by atoms with Crippen molar-refractivity contribution in [3.05, 3.63) is 50.9 Å². The fourth-order valence-corrected chi connectivity index (χ4v) is 3.17. The minimum atomic E-state index is 0.219. The molecule has 0 spiro atoms. The van der Waals surface area contributed by atoms with Gasteiger partial charge in [-0.05, 0) is 73.8 Å². The summed E-state index contributed by atoms with van der Waals surface area (Å²) < 4.78 is 12.2.